The second-order valence-electron chi connectivity index (χ2n) is 6.81. The quantitative estimate of drug-likeness (QED) is 0.648. The highest BCUT2D eigenvalue weighted by Gasteiger charge is 2.28. The average molecular weight is 382 g/mol. The predicted molar refractivity (Wildman–Crippen MR) is 116 cm³/mol. The first kappa shape index (κ1) is 18.6. The third-order valence-electron chi connectivity index (χ3n) is 5.07. The molecule has 0 bridgehead atoms. The van der Waals surface area contributed by atoms with Gasteiger partial charge in [0.05, 0.1) is 6.54 Å². The van der Waals surface area contributed by atoms with Crippen LogP contribution in [-0.4, -0.2) is 26.3 Å². The van der Waals surface area contributed by atoms with Gasteiger partial charge < -0.3 is 15.4 Å². The van der Waals surface area contributed by atoms with Gasteiger partial charge in [0.2, 0.25) is 0 Å². The Kier molecular flexibility index (Phi) is 5.49. The number of nitrogens with one attached hydrogen (secondary N) is 2. The minimum Gasteiger partial charge on any atom is -0.449 e. The summed E-state index contributed by atoms with van der Waals surface area (Å²) in [6, 6.07) is 24.4. The number of benzene rings is 3. The maximum atomic E-state index is 12.1. The summed E-state index contributed by atoms with van der Waals surface area (Å²) in [7, 11) is 1.87. The normalized spacial score (nSPS) is 11.6. The fourth-order valence-electron chi connectivity index (χ4n) is 3.63. The minimum atomic E-state index is -0.452. The molecule has 29 heavy (non-hydrogen) atoms. The smallest absolute Gasteiger partial charge is 0.407 e. The molecular formula is C25H22N2O2. The number of alkyl carbamates (subject to hydrolysis) is 1. The van der Waals surface area contributed by atoms with Crippen LogP contribution in [0.1, 0.15) is 22.6 Å². The van der Waals surface area contributed by atoms with Crippen LogP contribution in [0.4, 0.5) is 10.5 Å². The van der Waals surface area contributed by atoms with Crippen molar-refractivity contribution in [2.24, 2.45) is 0 Å². The molecular weight excluding hydrogens is 360 g/mol. The van der Waals surface area contributed by atoms with Crippen LogP contribution in [0.5, 0.6) is 0 Å². The van der Waals surface area contributed by atoms with E-state index < -0.39 is 6.09 Å². The highest BCUT2D eigenvalue weighted by Crippen LogP contribution is 2.44. The molecule has 4 heteroatoms. The first-order valence-corrected chi connectivity index (χ1v) is 9.62. The highest BCUT2D eigenvalue weighted by molar-refractivity contribution is 5.79. The number of anilines is 1. The van der Waals surface area contributed by atoms with E-state index in [1.807, 2.05) is 55.6 Å². The lowest BCUT2D eigenvalue weighted by Gasteiger charge is -2.14. The third kappa shape index (κ3) is 4.09. The Bertz CT molecular complexity index is 1030. The predicted octanol–water partition coefficient (Wildman–Crippen LogP) is 4.62. The lowest BCUT2D eigenvalue weighted by Crippen LogP contribution is -2.26. The van der Waals surface area contributed by atoms with Gasteiger partial charge in [-0.1, -0.05) is 60.4 Å². The fourth-order valence-corrected chi connectivity index (χ4v) is 3.63. The fraction of sp³-hybridized carbons (Fsp3) is 0.160. The molecule has 1 aliphatic rings. The van der Waals surface area contributed by atoms with Crippen molar-refractivity contribution in [1.29, 1.82) is 0 Å². The highest BCUT2D eigenvalue weighted by atomic mass is 16.5. The van der Waals surface area contributed by atoms with Gasteiger partial charge >= 0.3 is 6.09 Å². The average Bonchev–Trinajstić information content (AvgIpc) is 3.09. The van der Waals surface area contributed by atoms with Crippen LogP contribution in [0.3, 0.4) is 0 Å². The molecule has 0 aliphatic heterocycles. The van der Waals surface area contributed by atoms with Gasteiger partial charge in [-0.05, 0) is 46.5 Å². The zero-order valence-corrected chi connectivity index (χ0v) is 16.2. The van der Waals surface area contributed by atoms with E-state index in [0.717, 1.165) is 11.3 Å². The van der Waals surface area contributed by atoms with Crippen LogP contribution < -0.4 is 10.6 Å². The number of carbonyl (C=O) groups is 1. The van der Waals surface area contributed by atoms with Gasteiger partial charge in [0, 0.05) is 24.2 Å². The monoisotopic (exact) mass is 382 g/mol. The topological polar surface area (TPSA) is 50.4 Å². The molecule has 0 radical (unpaired) electrons. The molecule has 4 rings (SSSR count). The Morgan fingerprint density at radius 3 is 2.17 bits per heavy atom. The molecule has 1 amide bonds. The molecule has 0 heterocycles. The molecule has 0 spiro atoms. The van der Waals surface area contributed by atoms with E-state index in [1.165, 1.54) is 22.3 Å². The van der Waals surface area contributed by atoms with Gasteiger partial charge in [0.1, 0.15) is 6.61 Å². The molecule has 4 nitrogen and oxygen atoms in total. The second kappa shape index (κ2) is 8.53. The molecule has 3 aromatic carbocycles. The number of hydrogen-bond donors (Lipinski definition) is 2. The lowest BCUT2D eigenvalue weighted by molar-refractivity contribution is 0.144. The Morgan fingerprint density at radius 2 is 1.55 bits per heavy atom. The Morgan fingerprint density at radius 1 is 0.931 bits per heavy atom. The number of fused-ring (bicyclic) bond motifs is 3. The summed E-state index contributed by atoms with van der Waals surface area (Å²) in [5.41, 5.74) is 6.77. The minimum absolute atomic E-state index is 0.0601. The van der Waals surface area contributed by atoms with Gasteiger partial charge in [-0.25, -0.2) is 4.79 Å². The van der Waals surface area contributed by atoms with Gasteiger partial charge in [-0.2, -0.15) is 0 Å². The zero-order chi connectivity index (χ0) is 20.1. The molecule has 0 atom stereocenters. The molecule has 0 unspecified atom stereocenters. The molecule has 3 aromatic rings. The van der Waals surface area contributed by atoms with E-state index in [1.54, 1.807) is 0 Å². The van der Waals surface area contributed by atoms with Crippen LogP contribution in [-0.2, 0) is 4.74 Å². The summed E-state index contributed by atoms with van der Waals surface area (Å²) in [5.74, 6) is 6.03. The van der Waals surface area contributed by atoms with Crippen molar-refractivity contribution in [1.82, 2.24) is 5.32 Å². The largest absolute Gasteiger partial charge is 0.449 e. The molecule has 2 N–H and O–H groups in total. The second-order valence-corrected chi connectivity index (χ2v) is 6.81. The van der Waals surface area contributed by atoms with Gasteiger partial charge in [-0.3, -0.25) is 0 Å². The number of hydrogen-bond acceptors (Lipinski definition) is 3. The Balaban J connectivity index is 1.33. The van der Waals surface area contributed by atoms with Gasteiger partial charge in [0.15, 0.2) is 0 Å². The van der Waals surface area contributed by atoms with E-state index >= 15 is 0 Å². The van der Waals surface area contributed by atoms with E-state index in [9.17, 15) is 4.79 Å². The summed E-state index contributed by atoms with van der Waals surface area (Å²) in [6.45, 7) is 0.545. The van der Waals surface area contributed by atoms with E-state index in [2.05, 4.69) is 46.7 Å². The Hall–Kier alpha value is -3.71. The standard InChI is InChI=1S/C25H22N2O2/c1-26-19-14-12-18(13-15-19)7-6-16-27-25(28)29-17-24-22-10-4-2-8-20(22)21-9-3-5-11-23(21)24/h2-5,8-15,24,26H,16-17H2,1H3,(H,27,28). The van der Waals surface area contributed by atoms with Crippen molar-refractivity contribution in [2.45, 2.75) is 5.92 Å². The van der Waals surface area contributed by atoms with Crippen molar-refractivity contribution in [3.63, 3.8) is 0 Å². The van der Waals surface area contributed by atoms with Crippen molar-refractivity contribution >= 4 is 11.8 Å². The van der Waals surface area contributed by atoms with Crippen LogP contribution in [0, 0.1) is 11.8 Å². The zero-order valence-electron chi connectivity index (χ0n) is 16.2. The first-order chi connectivity index (χ1) is 14.3. The van der Waals surface area contributed by atoms with Crippen molar-refractivity contribution in [3.8, 4) is 23.0 Å². The first-order valence-electron chi connectivity index (χ1n) is 9.62. The summed E-state index contributed by atoms with van der Waals surface area (Å²) in [4.78, 5) is 12.1. The summed E-state index contributed by atoms with van der Waals surface area (Å²) in [6.07, 6.45) is -0.452. The van der Waals surface area contributed by atoms with Gasteiger partial charge in [-0.15, -0.1) is 0 Å². The SMILES string of the molecule is CNc1ccc(C#CCNC(=O)OCC2c3ccccc3-c3ccccc32)cc1. The van der Waals surface area contributed by atoms with Crippen LogP contribution in [0.15, 0.2) is 72.8 Å². The van der Waals surface area contributed by atoms with Crippen molar-refractivity contribution < 1.29 is 9.53 Å². The summed E-state index contributed by atoms with van der Waals surface area (Å²) < 4.78 is 5.50. The van der Waals surface area contributed by atoms with Crippen molar-refractivity contribution in [3.05, 3.63) is 89.5 Å². The maximum absolute atomic E-state index is 12.1. The number of ether oxygens (including phenoxy) is 1. The maximum Gasteiger partial charge on any atom is 0.407 e. The molecule has 0 fully saturated rings. The molecule has 1 aliphatic carbocycles. The van der Waals surface area contributed by atoms with E-state index in [-0.39, 0.29) is 12.5 Å². The lowest BCUT2D eigenvalue weighted by atomic mass is 9.98. The van der Waals surface area contributed by atoms with Gasteiger partial charge in [0.25, 0.3) is 0 Å². The van der Waals surface area contributed by atoms with Crippen LogP contribution in [0.25, 0.3) is 11.1 Å². The molecule has 0 saturated heterocycles. The third-order valence-corrected chi connectivity index (χ3v) is 5.07. The van der Waals surface area contributed by atoms with E-state index in [4.69, 9.17) is 4.74 Å². The number of amides is 1. The molecule has 144 valence electrons. The van der Waals surface area contributed by atoms with Crippen LogP contribution in [0.2, 0.25) is 0 Å². The molecule has 0 saturated carbocycles. The summed E-state index contributed by atoms with van der Waals surface area (Å²) >= 11 is 0. The van der Waals surface area contributed by atoms with E-state index in [0.29, 0.717) is 6.61 Å². The van der Waals surface area contributed by atoms with Crippen LogP contribution >= 0.6 is 0 Å². The number of carbonyl (C=O) groups excluding carboxylic acids is 1. The summed E-state index contributed by atoms with van der Waals surface area (Å²) in [5, 5.41) is 5.76. The van der Waals surface area contributed by atoms with Crippen molar-refractivity contribution in [2.75, 3.05) is 25.5 Å². The molecule has 0 aromatic heterocycles. The number of rotatable bonds is 4. The Labute approximate surface area is 170 Å².